The van der Waals surface area contributed by atoms with E-state index in [9.17, 15) is 4.79 Å². The number of nitrogens with one attached hydrogen (secondary N) is 1. The van der Waals surface area contributed by atoms with Gasteiger partial charge in [-0.05, 0) is 66.1 Å². The lowest BCUT2D eigenvalue weighted by atomic mass is 10.1. The molecule has 3 aromatic rings. The van der Waals surface area contributed by atoms with Gasteiger partial charge in [0.25, 0.3) is 0 Å². The Labute approximate surface area is 193 Å². The minimum absolute atomic E-state index is 0.226. The number of aromatic nitrogens is 4. The van der Waals surface area contributed by atoms with Crippen molar-refractivity contribution < 1.29 is 4.79 Å². The van der Waals surface area contributed by atoms with E-state index in [1.807, 2.05) is 6.07 Å². The zero-order valence-corrected chi connectivity index (χ0v) is 20.1. The van der Waals surface area contributed by atoms with Crippen LogP contribution in [0.4, 0.5) is 5.82 Å². The average molecular weight is 536 g/mol. The number of nitrogens with zero attached hydrogens (tertiary/aromatic N) is 4. The molecule has 0 saturated carbocycles. The summed E-state index contributed by atoms with van der Waals surface area (Å²) < 4.78 is 3.25. The molecule has 3 N–H and O–H groups in total. The Bertz CT molecular complexity index is 1100. The number of fused-ring (bicyclic) bond motifs is 2. The summed E-state index contributed by atoms with van der Waals surface area (Å²) in [6.07, 6.45) is 5.00. The third-order valence-electron chi connectivity index (χ3n) is 5.17. The molecule has 2 heterocycles. The van der Waals surface area contributed by atoms with Gasteiger partial charge >= 0.3 is 0 Å². The predicted molar refractivity (Wildman–Crippen MR) is 128 cm³/mol. The van der Waals surface area contributed by atoms with Crippen LogP contribution in [0.5, 0.6) is 0 Å². The summed E-state index contributed by atoms with van der Waals surface area (Å²) in [5.74, 6) is 0.616. The quantitative estimate of drug-likeness (QED) is 0.331. The summed E-state index contributed by atoms with van der Waals surface area (Å²) in [6.45, 7) is 6.09. The van der Waals surface area contributed by atoms with Crippen molar-refractivity contribution in [2.75, 3.05) is 12.3 Å². The van der Waals surface area contributed by atoms with Crippen LogP contribution in [0.1, 0.15) is 49.0 Å². The maximum Gasteiger partial charge on any atom is 0.175 e. The molecule has 1 aromatic carbocycles. The molecule has 0 atom stereocenters. The molecule has 0 saturated heterocycles. The van der Waals surface area contributed by atoms with Gasteiger partial charge in [0.05, 0.1) is 0 Å². The number of ketones is 1. The van der Waals surface area contributed by atoms with E-state index in [4.69, 9.17) is 10.7 Å². The molecule has 0 aliphatic heterocycles. The van der Waals surface area contributed by atoms with Crippen LogP contribution in [-0.2, 0) is 13.0 Å². The zero-order chi connectivity index (χ0) is 21.3. The second kappa shape index (κ2) is 9.19. The largest absolute Gasteiger partial charge is 0.382 e. The molecule has 4 rings (SSSR count). The first-order valence-electron chi connectivity index (χ1n) is 10.2. The smallest absolute Gasteiger partial charge is 0.175 e. The molecule has 0 bridgehead atoms. The monoisotopic (exact) mass is 536 g/mol. The number of halogens is 1. The van der Waals surface area contributed by atoms with E-state index < -0.39 is 0 Å². The highest BCUT2D eigenvalue weighted by molar-refractivity contribution is 14.1. The third-order valence-corrected chi connectivity index (χ3v) is 7.48. The molecule has 1 aliphatic carbocycles. The van der Waals surface area contributed by atoms with E-state index in [0.29, 0.717) is 23.8 Å². The van der Waals surface area contributed by atoms with E-state index in [0.717, 1.165) is 62.7 Å². The van der Waals surface area contributed by atoms with Gasteiger partial charge in [0, 0.05) is 33.0 Å². The lowest BCUT2D eigenvalue weighted by molar-refractivity contribution is 0.0994. The summed E-state index contributed by atoms with van der Waals surface area (Å²) >= 11 is 3.91. The number of rotatable bonds is 8. The number of unbranched alkanes of at least 4 members (excludes halogenated alkanes) is 1. The molecule has 2 aromatic heterocycles. The van der Waals surface area contributed by atoms with Crippen molar-refractivity contribution in [1.29, 1.82) is 0 Å². The van der Waals surface area contributed by atoms with Gasteiger partial charge in [-0.25, -0.2) is 15.0 Å². The number of carbonyl (C=O) groups is 1. The molecule has 0 unspecified atom stereocenters. The van der Waals surface area contributed by atoms with Gasteiger partial charge in [0.1, 0.15) is 6.33 Å². The van der Waals surface area contributed by atoms with Crippen molar-refractivity contribution in [1.82, 2.24) is 24.8 Å². The average Bonchev–Trinajstić information content (AvgIpc) is 3.23. The number of hydrogen-bond donors (Lipinski definition) is 2. The van der Waals surface area contributed by atoms with Crippen molar-refractivity contribution in [3.8, 4) is 0 Å². The van der Waals surface area contributed by atoms with Crippen molar-refractivity contribution in [3.05, 3.63) is 33.2 Å². The summed E-state index contributed by atoms with van der Waals surface area (Å²) in [4.78, 5) is 26.6. The number of imidazole rings is 1. The van der Waals surface area contributed by atoms with Crippen LogP contribution >= 0.6 is 34.4 Å². The summed E-state index contributed by atoms with van der Waals surface area (Å²) in [5, 5.41) is 4.28. The predicted octanol–water partition coefficient (Wildman–Crippen LogP) is 4.07. The summed E-state index contributed by atoms with van der Waals surface area (Å²) in [6, 6.07) is 4.63. The van der Waals surface area contributed by atoms with Crippen LogP contribution in [0.25, 0.3) is 11.2 Å². The minimum Gasteiger partial charge on any atom is -0.382 e. The first-order valence-corrected chi connectivity index (χ1v) is 12.1. The Hall–Kier alpha value is -1.72. The Morgan fingerprint density at radius 1 is 1.27 bits per heavy atom. The first kappa shape index (κ1) is 21.5. The fourth-order valence-electron chi connectivity index (χ4n) is 3.62. The van der Waals surface area contributed by atoms with Gasteiger partial charge in [0.15, 0.2) is 27.9 Å². The number of anilines is 1. The Balaban J connectivity index is 1.63. The number of hydrogen-bond acceptors (Lipinski definition) is 7. The van der Waals surface area contributed by atoms with E-state index >= 15 is 0 Å². The number of benzene rings is 1. The third kappa shape index (κ3) is 4.47. The van der Waals surface area contributed by atoms with E-state index in [1.165, 1.54) is 6.33 Å². The topological polar surface area (TPSA) is 98.7 Å². The second-order valence-electron chi connectivity index (χ2n) is 7.76. The lowest BCUT2D eigenvalue weighted by Crippen LogP contribution is -2.23. The van der Waals surface area contributed by atoms with Gasteiger partial charge < -0.3 is 15.6 Å². The van der Waals surface area contributed by atoms with Crippen LogP contribution < -0.4 is 11.1 Å². The Morgan fingerprint density at radius 2 is 2.10 bits per heavy atom. The highest BCUT2D eigenvalue weighted by Crippen LogP contribution is 2.37. The van der Waals surface area contributed by atoms with E-state index in [1.54, 1.807) is 11.8 Å². The number of carbonyl (C=O) groups excluding carboxylic acids is 1. The standard InChI is InChI=1S/C21H25IN6OS/c1-12(2)24-7-3-4-8-28-20-18(19(23)25-11-26-20)27-21(28)30-17-10-14-13(9-15(17)22)5-6-16(14)29/h9-12,24H,3-8H2,1-2H3,(H2,23,25,26). The SMILES string of the molecule is CC(C)NCCCCn1c(Sc2cc3c(cc2I)CCC3=O)nc2c(N)ncnc21. The van der Waals surface area contributed by atoms with Crippen LogP contribution in [0.2, 0.25) is 0 Å². The molecule has 158 valence electrons. The molecule has 30 heavy (non-hydrogen) atoms. The Kier molecular flexibility index (Phi) is 6.59. The maximum absolute atomic E-state index is 12.2. The van der Waals surface area contributed by atoms with Crippen molar-refractivity contribution >= 4 is 57.1 Å². The van der Waals surface area contributed by atoms with Gasteiger partial charge in [-0.1, -0.05) is 25.6 Å². The number of nitrogen functional groups attached to an aromatic ring is 1. The van der Waals surface area contributed by atoms with Crippen LogP contribution in [0.15, 0.2) is 28.5 Å². The fraction of sp³-hybridized carbons (Fsp3) is 0.429. The number of Topliss-reactive ketones (excluding diaryl/α,β-unsaturated/α-hetero) is 1. The van der Waals surface area contributed by atoms with Crippen LogP contribution in [0.3, 0.4) is 0 Å². The van der Waals surface area contributed by atoms with Gasteiger partial charge in [-0.3, -0.25) is 4.79 Å². The van der Waals surface area contributed by atoms with Gasteiger partial charge in [-0.2, -0.15) is 0 Å². The van der Waals surface area contributed by atoms with Crippen LogP contribution in [-0.4, -0.2) is 37.9 Å². The van der Waals surface area contributed by atoms with Crippen LogP contribution in [0, 0.1) is 3.57 Å². The van der Waals surface area contributed by atoms with Gasteiger partial charge in [-0.15, -0.1) is 0 Å². The van der Waals surface area contributed by atoms with E-state index in [-0.39, 0.29) is 5.78 Å². The van der Waals surface area contributed by atoms with Crippen molar-refractivity contribution in [2.45, 2.75) is 62.2 Å². The summed E-state index contributed by atoms with van der Waals surface area (Å²) in [5.41, 5.74) is 9.46. The molecule has 1 aliphatic rings. The summed E-state index contributed by atoms with van der Waals surface area (Å²) in [7, 11) is 0. The molecular weight excluding hydrogens is 511 g/mol. The van der Waals surface area contributed by atoms with Gasteiger partial charge in [0.2, 0.25) is 0 Å². The molecule has 0 amide bonds. The second-order valence-corrected chi connectivity index (χ2v) is 9.93. The molecule has 0 fully saturated rings. The van der Waals surface area contributed by atoms with Crippen molar-refractivity contribution in [3.63, 3.8) is 0 Å². The number of aryl methyl sites for hydroxylation is 2. The molecule has 0 radical (unpaired) electrons. The molecule has 0 spiro atoms. The fourth-order valence-corrected chi connectivity index (χ4v) is 5.44. The first-order chi connectivity index (χ1) is 14.4. The maximum atomic E-state index is 12.2. The highest BCUT2D eigenvalue weighted by atomic mass is 127. The Morgan fingerprint density at radius 3 is 2.90 bits per heavy atom. The highest BCUT2D eigenvalue weighted by Gasteiger charge is 2.23. The lowest BCUT2D eigenvalue weighted by Gasteiger charge is -2.11. The van der Waals surface area contributed by atoms with Crippen molar-refractivity contribution in [2.24, 2.45) is 0 Å². The normalized spacial score (nSPS) is 13.5. The molecular formula is C21H25IN6OS. The molecule has 7 nitrogen and oxygen atoms in total. The minimum atomic E-state index is 0.226. The molecule has 9 heteroatoms. The number of nitrogens with two attached hydrogens (primary N) is 1. The zero-order valence-electron chi connectivity index (χ0n) is 17.1. The van der Waals surface area contributed by atoms with E-state index in [2.05, 4.69) is 62.4 Å².